The molecule has 47 heavy (non-hydrogen) atoms. The second-order valence-electron chi connectivity index (χ2n) is 10.4. The number of nitrogens with zero attached hydrogens (tertiary/aromatic N) is 2. The summed E-state index contributed by atoms with van der Waals surface area (Å²) in [6.45, 7) is 1.49. The van der Waals surface area contributed by atoms with E-state index in [9.17, 15) is 22.4 Å². The molecule has 4 aromatic carbocycles. The number of likely N-dealkylation sites (N-methyl/N-ethyl adjacent to an activating group) is 1. The Morgan fingerprint density at radius 3 is 2.11 bits per heavy atom. The van der Waals surface area contributed by atoms with Crippen LogP contribution in [0, 0.1) is 5.82 Å². The molecule has 0 bridgehead atoms. The second kappa shape index (κ2) is 15.9. The van der Waals surface area contributed by atoms with Crippen LogP contribution in [0.1, 0.15) is 18.1 Å². The third-order valence-corrected chi connectivity index (χ3v) is 9.21. The average Bonchev–Trinajstić information content (AvgIpc) is 3.09. The van der Waals surface area contributed by atoms with E-state index in [4.69, 9.17) is 14.2 Å². The first-order valence-corrected chi connectivity index (χ1v) is 16.3. The summed E-state index contributed by atoms with van der Waals surface area (Å²) in [5.41, 5.74) is 1.54. The van der Waals surface area contributed by atoms with Gasteiger partial charge in [-0.05, 0) is 66.6 Å². The summed E-state index contributed by atoms with van der Waals surface area (Å²) in [5.74, 6) is -0.522. The zero-order valence-corrected chi connectivity index (χ0v) is 27.5. The first-order chi connectivity index (χ1) is 22.6. The number of rotatable bonds is 15. The zero-order chi connectivity index (χ0) is 34.0. The number of carbonyl (C=O) groups excluding carboxylic acids is 2. The summed E-state index contributed by atoms with van der Waals surface area (Å²) < 4.78 is 59.6. The normalized spacial score (nSPS) is 11.7. The quantitative estimate of drug-likeness (QED) is 0.194. The summed E-state index contributed by atoms with van der Waals surface area (Å²) in [5, 5.41) is 2.63. The van der Waals surface area contributed by atoms with Gasteiger partial charge in [-0.2, -0.15) is 0 Å². The Morgan fingerprint density at radius 1 is 0.851 bits per heavy atom. The van der Waals surface area contributed by atoms with Gasteiger partial charge in [-0.15, -0.1) is 0 Å². The van der Waals surface area contributed by atoms with Crippen LogP contribution in [0.5, 0.6) is 17.2 Å². The molecular formula is C35H38FN3O7S. The van der Waals surface area contributed by atoms with Crippen molar-refractivity contribution in [2.24, 2.45) is 0 Å². The molecule has 1 atom stereocenters. The fourth-order valence-electron chi connectivity index (χ4n) is 5.02. The van der Waals surface area contributed by atoms with Gasteiger partial charge >= 0.3 is 0 Å². The lowest BCUT2D eigenvalue weighted by molar-refractivity contribution is -0.139. The molecule has 0 aliphatic heterocycles. The summed E-state index contributed by atoms with van der Waals surface area (Å²) in [6, 6.07) is 24.2. The van der Waals surface area contributed by atoms with Crippen molar-refractivity contribution >= 4 is 27.5 Å². The molecule has 0 heterocycles. The van der Waals surface area contributed by atoms with Gasteiger partial charge in [0.2, 0.25) is 11.8 Å². The van der Waals surface area contributed by atoms with Crippen molar-refractivity contribution in [1.29, 1.82) is 0 Å². The van der Waals surface area contributed by atoms with Crippen LogP contribution in [-0.2, 0) is 32.6 Å². The first-order valence-electron chi connectivity index (χ1n) is 14.9. The molecule has 12 heteroatoms. The molecule has 0 aliphatic rings. The maximum atomic E-state index is 14.4. The van der Waals surface area contributed by atoms with Crippen LogP contribution in [-0.4, -0.2) is 65.6 Å². The van der Waals surface area contributed by atoms with Gasteiger partial charge < -0.3 is 24.4 Å². The molecule has 0 saturated carbocycles. The van der Waals surface area contributed by atoms with E-state index < -0.39 is 40.2 Å². The standard InChI is InChI=1S/C35H38FN3O7S/c1-5-46-29-17-15-28(16-18-29)39(47(42,43)30-19-20-32(44-3)33(22-30)45-4)24-34(40)38(23-26-11-13-27(36)14-12-26)31(35(41)37-2)21-25-9-7-6-8-10-25/h6-20,22,31H,5,21,23-24H2,1-4H3,(H,37,41)/t31-/m0/s1. The highest BCUT2D eigenvalue weighted by Gasteiger charge is 2.34. The van der Waals surface area contributed by atoms with E-state index in [2.05, 4.69) is 5.32 Å². The largest absolute Gasteiger partial charge is 0.494 e. The van der Waals surface area contributed by atoms with E-state index in [1.54, 1.807) is 24.3 Å². The lowest BCUT2D eigenvalue weighted by Crippen LogP contribution is -2.53. The molecule has 10 nitrogen and oxygen atoms in total. The topological polar surface area (TPSA) is 114 Å². The molecule has 1 N–H and O–H groups in total. The van der Waals surface area contributed by atoms with Crippen LogP contribution < -0.4 is 23.8 Å². The average molecular weight is 664 g/mol. The van der Waals surface area contributed by atoms with Gasteiger partial charge in [-0.1, -0.05) is 42.5 Å². The Kier molecular flexibility index (Phi) is 11.8. The van der Waals surface area contributed by atoms with Crippen molar-refractivity contribution in [2.45, 2.75) is 30.8 Å². The number of methoxy groups -OCH3 is 2. The molecule has 4 aromatic rings. The number of anilines is 1. The van der Waals surface area contributed by atoms with Gasteiger partial charge in [-0.25, -0.2) is 12.8 Å². The van der Waals surface area contributed by atoms with Gasteiger partial charge in [0.05, 0.1) is 31.4 Å². The molecule has 0 aliphatic carbocycles. The molecule has 0 spiro atoms. The van der Waals surface area contributed by atoms with Crippen LogP contribution in [0.2, 0.25) is 0 Å². The van der Waals surface area contributed by atoms with Gasteiger partial charge in [0.15, 0.2) is 11.5 Å². The molecule has 0 fully saturated rings. The van der Waals surface area contributed by atoms with E-state index in [0.717, 1.165) is 9.87 Å². The Bertz CT molecular complexity index is 1750. The minimum absolute atomic E-state index is 0.0858. The lowest BCUT2D eigenvalue weighted by Gasteiger charge is -2.33. The van der Waals surface area contributed by atoms with Crippen molar-refractivity contribution in [3.8, 4) is 17.2 Å². The fraction of sp³-hybridized carbons (Fsp3) is 0.257. The summed E-state index contributed by atoms with van der Waals surface area (Å²) in [4.78, 5) is 29.0. The molecule has 248 valence electrons. The number of hydrogen-bond acceptors (Lipinski definition) is 7. The predicted octanol–water partition coefficient (Wildman–Crippen LogP) is 4.82. The third kappa shape index (κ3) is 8.59. The van der Waals surface area contributed by atoms with Crippen LogP contribution in [0.25, 0.3) is 0 Å². The minimum Gasteiger partial charge on any atom is -0.494 e. The number of amides is 2. The minimum atomic E-state index is -4.39. The van der Waals surface area contributed by atoms with Crippen molar-refractivity contribution < 1.29 is 36.6 Å². The van der Waals surface area contributed by atoms with Crippen molar-refractivity contribution in [1.82, 2.24) is 10.2 Å². The number of nitrogens with one attached hydrogen (secondary N) is 1. The maximum Gasteiger partial charge on any atom is 0.264 e. The van der Waals surface area contributed by atoms with Crippen LogP contribution in [0.15, 0.2) is 102 Å². The Morgan fingerprint density at radius 2 is 1.51 bits per heavy atom. The van der Waals surface area contributed by atoms with E-state index in [1.807, 2.05) is 37.3 Å². The molecule has 0 radical (unpaired) electrons. The SMILES string of the molecule is CCOc1ccc(N(CC(=O)N(Cc2ccc(F)cc2)[C@@H](Cc2ccccc2)C(=O)NC)S(=O)(=O)c2ccc(OC)c(OC)c2)cc1. The van der Waals surface area contributed by atoms with Crippen molar-refractivity contribution in [3.63, 3.8) is 0 Å². The number of benzene rings is 4. The van der Waals surface area contributed by atoms with E-state index in [0.29, 0.717) is 23.7 Å². The van der Waals surface area contributed by atoms with Crippen molar-refractivity contribution in [2.75, 3.05) is 38.7 Å². The molecule has 0 aromatic heterocycles. The van der Waals surface area contributed by atoms with E-state index in [1.165, 1.54) is 68.6 Å². The summed E-state index contributed by atoms with van der Waals surface area (Å²) in [7, 11) is -0.103. The van der Waals surface area contributed by atoms with Gasteiger partial charge in [0, 0.05) is 26.1 Å². The van der Waals surface area contributed by atoms with Gasteiger partial charge in [-0.3, -0.25) is 13.9 Å². The predicted molar refractivity (Wildman–Crippen MR) is 177 cm³/mol. The highest BCUT2D eigenvalue weighted by molar-refractivity contribution is 7.92. The Labute approximate surface area is 274 Å². The number of hydrogen-bond donors (Lipinski definition) is 1. The Hall–Kier alpha value is -5.10. The van der Waals surface area contributed by atoms with Crippen LogP contribution in [0.3, 0.4) is 0 Å². The van der Waals surface area contributed by atoms with Gasteiger partial charge in [0.1, 0.15) is 24.2 Å². The third-order valence-electron chi connectivity index (χ3n) is 7.44. The lowest BCUT2D eigenvalue weighted by atomic mass is 10.0. The number of ether oxygens (including phenoxy) is 3. The van der Waals surface area contributed by atoms with Gasteiger partial charge in [0.25, 0.3) is 10.0 Å². The summed E-state index contributed by atoms with van der Waals surface area (Å²) >= 11 is 0. The summed E-state index contributed by atoms with van der Waals surface area (Å²) in [6.07, 6.45) is 0.152. The molecule has 0 unspecified atom stereocenters. The number of sulfonamides is 1. The van der Waals surface area contributed by atoms with Crippen molar-refractivity contribution in [3.05, 3.63) is 114 Å². The first kappa shape index (κ1) is 34.8. The van der Waals surface area contributed by atoms with Crippen LogP contribution >= 0.6 is 0 Å². The molecule has 2 amide bonds. The molecule has 4 rings (SSSR count). The smallest absolute Gasteiger partial charge is 0.264 e. The van der Waals surface area contributed by atoms with Crippen LogP contribution in [0.4, 0.5) is 10.1 Å². The highest BCUT2D eigenvalue weighted by Crippen LogP contribution is 2.33. The zero-order valence-electron chi connectivity index (χ0n) is 26.7. The monoisotopic (exact) mass is 663 g/mol. The number of carbonyl (C=O) groups is 2. The number of halogens is 1. The maximum absolute atomic E-state index is 14.4. The highest BCUT2D eigenvalue weighted by atomic mass is 32.2. The molecular weight excluding hydrogens is 625 g/mol. The van der Waals surface area contributed by atoms with E-state index in [-0.39, 0.29) is 29.3 Å². The Balaban J connectivity index is 1.81. The van der Waals surface area contributed by atoms with E-state index >= 15 is 0 Å². The fourth-order valence-corrected chi connectivity index (χ4v) is 6.45. The molecule has 0 saturated heterocycles. The second-order valence-corrected chi connectivity index (χ2v) is 12.3.